The predicted octanol–water partition coefficient (Wildman–Crippen LogP) is 3.48. The topological polar surface area (TPSA) is 21.3 Å². The van der Waals surface area contributed by atoms with Gasteiger partial charge in [0, 0.05) is 19.3 Å². The highest BCUT2D eigenvalue weighted by atomic mass is 35.5. The minimum Gasteiger partial charge on any atom is -0.381 e. The molecule has 1 aliphatic rings. The van der Waals surface area contributed by atoms with Crippen LogP contribution in [0.1, 0.15) is 31.4 Å². The van der Waals surface area contributed by atoms with Gasteiger partial charge in [0.1, 0.15) is 0 Å². The van der Waals surface area contributed by atoms with E-state index in [-0.39, 0.29) is 0 Å². The first-order valence-electron chi connectivity index (χ1n) is 5.81. The first-order chi connectivity index (χ1) is 7.75. The quantitative estimate of drug-likeness (QED) is 0.874. The molecule has 16 heavy (non-hydrogen) atoms. The maximum atomic E-state index is 5.92. The van der Waals surface area contributed by atoms with Gasteiger partial charge in [-0.05, 0) is 49.2 Å². The third-order valence-corrected chi connectivity index (χ3v) is 4.22. The second-order valence-corrected chi connectivity index (χ2v) is 5.92. The minimum absolute atomic E-state index is 0.395. The molecule has 0 bridgehead atoms. The number of ether oxygens (including phenoxy) is 1. The van der Waals surface area contributed by atoms with Gasteiger partial charge >= 0.3 is 0 Å². The molecule has 2 unspecified atom stereocenters. The standard InChI is InChI=1S/C12H18ClNOS/c1-9(11-6-12(13)16-8-11)14-4-2-10-3-5-15-7-10/h6,8-10,14H,2-5,7H2,1H3. The Morgan fingerprint density at radius 2 is 2.56 bits per heavy atom. The van der Waals surface area contributed by atoms with E-state index in [1.807, 2.05) is 6.07 Å². The summed E-state index contributed by atoms with van der Waals surface area (Å²) in [5, 5.41) is 5.66. The lowest BCUT2D eigenvalue weighted by Crippen LogP contribution is -2.21. The van der Waals surface area contributed by atoms with E-state index in [4.69, 9.17) is 16.3 Å². The maximum absolute atomic E-state index is 5.92. The molecule has 0 aliphatic carbocycles. The summed E-state index contributed by atoms with van der Waals surface area (Å²) in [5.74, 6) is 0.755. The van der Waals surface area contributed by atoms with Crippen molar-refractivity contribution in [3.05, 3.63) is 21.3 Å². The maximum Gasteiger partial charge on any atom is 0.0931 e. The van der Waals surface area contributed by atoms with Crippen molar-refractivity contribution in [1.29, 1.82) is 0 Å². The van der Waals surface area contributed by atoms with Crippen LogP contribution in [-0.2, 0) is 4.74 Å². The van der Waals surface area contributed by atoms with Crippen molar-refractivity contribution in [2.45, 2.75) is 25.8 Å². The van der Waals surface area contributed by atoms with Crippen LogP contribution in [-0.4, -0.2) is 19.8 Å². The van der Waals surface area contributed by atoms with E-state index >= 15 is 0 Å². The Morgan fingerprint density at radius 3 is 3.19 bits per heavy atom. The molecule has 90 valence electrons. The van der Waals surface area contributed by atoms with Crippen LogP contribution in [0.25, 0.3) is 0 Å². The SMILES string of the molecule is CC(NCCC1CCOC1)c1csc(Cl)c1. The van der Waals surface area contributed by atoms with E-state index in [0.29, 0.717) is 6.04 Å². The van der Waals surface area contributed by atoms with Crippen LogP contribution in [0.2, 0.25) is 4.34 Å². The Hall–Kier alpha value is -0.0900. The molecule has 2 nitrogen and oxygen atoms in total. The van der Waals surface area contributed by atoms with Crippen molar-refractivity contribution in [3.63, 3.8) is 0 Å². The third-order valence-electron chi connectivity index (χ3n) is 3.11. The molecular weight excluding hydrogens is 242 g/mol. The fourth-order valence-corrected chi connectivity index (χ4v) is 2.97. The second kappa shape index (κ2) is 6.01. The molecule has 1 fully saturated rings. The minimum atomic E-state index is 0.395. The lowest BCUT2D eigenvalue weighted by molar-refractivity contribution is 0.184. The summed E-state index contributed by atoms with van der Waals surface area (Å²) in [5.41, 5.74) is 1.29. The van der Waals surface area contributed by atoms with Gasteiger partial charge in [-0.25, -0.2) is 0 Å². The van der Waals surface area contributed by atoms with Crippen molar-refractivity contribution >= 4 is 22.9 Å². The van der Waals surface area contributed by atoms with Gasteiger partial charge in [0.2, 0.25) is 0 Å². The molecule has 0 spiro atoms. The van der Waals surface area contributed by atoms with Crippen LogP contribution in [0.5, 0.6) is 0 Å². The molecule has 1 aromatic heterocycles. The van der Waals surface area contributed by atoms with Crippen LogP contribution < -0.4 is 5.32 Å². The van der Waals surface area contributed by atoms with Crippen LogP contribution in [0.15, 0.2) is 11.4 Å². The number of hydrogen-bond donors (Lipinski definition) is 1. The summed E-state index contributed by atoms with van der Waals surface area (Å²) >= 11 is 7.51. The normalized spacial score (nSPS) is 22.5. The van der Waals surface area contributed by atoms with Crippen molar-refractivity contribution in [3.8, 4) is 0 Å². The molecule has 0 aromatic carbocycles. The molecule has 2 atom stereocenters. The van der Waals surface area contributed by atoms with Gasteiger partial charge in [-0.2, -0.15) is 0 Å². The highest BCUT2D eigenvalue weighted by molar-refractivity contribution is 7.14. The molecule has 4 heteroatoms. The average Bonchev–Trinajstić information content (AvgIpc) is 2.89. The lowest BCUT2D eigenvalue weighted by atomic mass is 10.0. The van der Waals surface area contributed by atoms with Crippen LogP contribution in [0, 0.1) is 5.92 Å². The molecule has 1 saturated heterocycles. The molecular formula is C12H18ClNOS. The van der Waals surface area contributed by atoms with Crippen molar-refractivity contribution < 1.29 is 4.74 Å². The summed E-state index contributed by atoms with van der Waals surface area (Å²) in [6.07, 6.45) is 2.43. The third kappa shape index (κ3) is 3.45. The Balaban J connectivity index is 1.69. The van der Waals surface area contributed by atoms with Gasteiger partial charge in [-0.3, -0.25) is 0 Å². The smallest absolute Gasteiger partial charge is 0.0931 e. The first kappa shape index (κ1) is 12.4. The molecule has 1 aliphatic heterocycles. The molecule has 1 aromatic rings. The number of thiophene rings is 1. The second-order valence-electron chi connectivity index (χ2n) is 4.38. The molecule has 0 saturated carbocycles. The van der Waals surface area contributed by atoms with E-state index in [2.05, 4.69) is 17.6 Å². The summed E-state index contributed by atoms with van der Waals surface area (Å²) in [6, 6.07) is 2.44. The summed E-state index contributed by atoms with van der Waals surface area (Å²) in [7, 11) is 0. The Morgan fingerprint density at radius 1 is 1.69 bits per heavy atom. The fourth-order valence-electron chi connectivity index (χ4n) is 1.98. The number of halogens is 1. The van der Waals surface area contributed by atoms with Crippen molar-refractivity contribution in [1.82, 2.24) is 5.32 Å². The van der Waals surface area contributed by atoms with Crippen molar-refractivity contribution in [2.24, 2.45) is 5.92 Å². The van der Waals surface area contributed by atoms with E-state index < -0.39 is 0 Å². The Bertz CT molecular complexity index is 323. The van der Waals surface area contributed by atoms with E-state index in [1.165, 1.54) is 18.4 Å². The van der Waals surface area contributed by atoms with Crippen LogP contribution in [0.3, 0.4) is 0 Å². The zero-order chi connectivity index (χ0) is 11.4. The Labute approximate surface area is 106 Å². The lowest BCUT2D eigenvalue weighted by Gasteiger charge is -2.14. The number of rotatable bonds is 5. The average molecular weight is 260 g/mol. The Kier molecular flexibility index (Phi) is 4.65. The molecule has 2 heterocycles. The summed E-state index contributed by atoms with van der Waals surface area (Å²) < 4.78 is 6.23. The zero-order valence-corrected chi connectivity index (χ0v) is 11.1. The van der Waals surface area contributed by atoms with Gasteiger partial charge in [0.25, 0.3) is 0 Å². The zero-order valence-electron chi connectivity index (χ0n) is 9.54. The highest BCUT2D eigenvalue weighted by Crippen LogP contribution is 2.24. The van der Waals surface area contributed by atoms with Crippen molar-refractivity contribution in [2.75, 3.05) is 19.8 Å². The molecule has 2 rings (SSSR count). The molecule has 1 N–H and O–H groups in total. The van der Waals surface area contributed by atoms with Gasteiger partial charge in [-0.15, -0.1) is 11.3 Å². The van der Waals surface area contributed by atoms with Gasteiger partial charge in [0.15, 0.2) is 0 Å². The first-order valence-corrected chi connectivity index (χ1v) is 7.06. The van der Waals surface area contributed by atoms with Crippen LogP contribution >= 0.6 is 22.9 Å². The molecule has 0 amide bonds. The van der Waals surface area contributed by atoms with Gasteiger partial charge < -0.3 is 10.1 Å². The summed E-state index contributed by atoms with van der Waals surface area (Å²) in [4.78, 5) is 0. The monoisotopic (exact) mass is 259 g/mol. The van der Waals surface area contributed by atoms with E-state index in [0.717, 1.165) is 30.0 Å². The van der Waals surface area contributed by atoms with Gasteiger partial charge in [-0.1, -0.05) is 11.6 Å². The number of nitrogens with one attached hydrogen (secondary N) is 1. The number of hydrogen-bond acceptors (Lipinski definition) is 3. The fraction of sp³-hybridized carbons (Fsp3) is 0.667. The molecule has 0 radical (unpaired) electrons. The van der Waals surface area contributed by atoms with Crippen LogP contribution in [0.4, 0.5) is 0 Å². The van der Waals surface area contributed by atoms with Gasteiger partial charge in [0.05, 0.1) is 4.34 Å². The van der Waals surface area contributed by atoms with E-state index in [1.54, 1.807) is 11.3 Å². The van der Waals surface area contributed by atoms with E-state index in [9.17, 15) is 0 Å². The predicted molar refractivity (Wildman–Crippen MR) is 69.3 cm³/mol. The highest BCUT2D eigenvalue weighted by Gasteiger charge is 2.15. The summed E-state index contributed by atoms with van der Waals surface area (Å²) in [6.45, 7) is 5.13. The largest absolute Gasteiger partial charge is 0.381 e.